The fourth-order valence-electron chi connectivity index (χ4n) is 3.56. The highest BCUT2D eigenvalue weighted by Gasteiger charge is 2.54. The van der Waals surface area contributed by atoms with Crippen molar-refractivity contribution in [1.29, 1.82) is 0 Å². The molecule has 4 nitrogen and oxygen atoms in total. The smallest absolute Gasteiger partial charge is 0.251 e. The molecule has 156 valence electrons. The molecule has 4 heteroatoms. The van der Waals surface area contributed by atoms with Crippen molar-refractivity contribution in [2.75, 3.05) is 26.2 Å². The Kier molecular flexibility index (Phi) is 10.1. The van der Waals surface area contributed by atoms with Gasteiger partial charge in [0.2, 0.25) is 0 Å². The molecule has 0 aliphatic heterocycles. The van der Waals surface area contributed by atoms with E-state index in [2.05, 4.69) is 27.7 Å². The van der Waals surface area contributed by atoms with Crippen LogP contribution in [0.4, 0.5) is 0 Å². The lowest BCUT2D eigenvalue weighted by Crippen LogP contribution is -2.33. The van der Waals surface area contributed by atoms with Crippen LogP contribution >= 0.6 is 0 Å². The van der Waals surface area contributed by atoms with Gasteiger partial charge in [-0.1, -0.05) is 67.2 Å². The van der Waals surface area contributed by atoms with Gasteiger partial charge in [-0.3, -0.25) is 9.59 Å². The van der Waals surface area contributed by atoms with Crippen LogP contribution in [0.1, 0.15) is 92.9 Å². The molecule has 0 fully saturated rings. The monoisotopic (exact) mass is 378 g/mol. The molecular formula is C23H42N2O2. The van der Waals surface area contributed by atoms with Crippen LogP contribution in [0.2, 0.25) is 0 Å². The van der Waals surface area contributed by atoms with Crippen LogP contribution in [0.15, 0.2) is 11.1 Å². The predicted molar refractivity (Wildman–Crippen MR) is 114 cm³/mol. The lowest BCUT2D eigenvalue weighted by Gasteiger charge is -2.22. The summed E-state index contributed by atoms with van der Waals surface area (Å²) in [4.78, 5) is 30.3. The Hall–Kier alpha value is -1.32. The number of nitrogens with zero attached hydrogens (tertiary/aromatic N) is 2. The molecule has 0 atom stereocenters. The summed E-state index contributed by atoms with van der Waals surface area (Å²) in [6.45, 7) is 15.9. The first-order valence-corrected chi connectivity index (χ1v) is 11.2. The largest absolute Gasteiger partial charge is 0.339 e. The van der Waals surface area contributed by atoms with Crippen molar-refractivity contribution >= 4 is 11.8 Å². The van der Waals surface area contributed by atoms with Gasteiger partial charge in [-0.25, -0.2) is 0 Å². The van der Waals surface area contributed by atoms with Crippen LogP contribution in [0.3, 0.4) is 0 Å². The zero-order chi connectivity index (χ0) is 20.4. The first-order chi connectivity index (χ1) is 12.9. The molecule has 0 saturated carbocycles. The van der Waals surface area contributed by atoms with Gasteiger partial charge in [-0.15, -0.1) is 0 Å². The summed E-state index contributed by atoms with van der Waals surface area (Å²) in [5.41, 5.74) is 1.15. The van der Waals surface area contributed by atoms with E-state index < -0.39 is 0 Å². The Morgan fingerprint density at radius 1 is 0.630 bits per heavy atom. The Morgan fingerprint density at radius 2 is 0.889 bits per heavy atom. The molecule has 2 amide bonds. The van der Waals surface area contributed by atoms with Crippen LogP contribution in [-0.2, 0) is 9.59 Å². The predicted octanol–water partition coefficient (Wildman–Crippen LogP) is 5.18. The van der Waals surface area contributed by atoms with Gasteiger partial charge in [0.05, 0.1) is 0 Å². The van der Waals surface area contributed by atoms with Crippen molar-refractivity contribution < 1.29 is 9.59 Å². The number of carbonyl (C=O) groups is 2. The summed E-state index contributed by atoms with van der Waals surface area (Å²) in [5.74, 6) is 0.187. The highest BCUT2D eigenvalue weighted by atomic mass is 16.2. The summed E-state index contributed by atoms with van der Waals surface area (Å²) >= 11 is 0. The number of rotatable bonds is 14. The minimum absolute atomic E-state index is 0.0937. The molecule has 0 aromatic heterocycles. The highest BCUT2D eigenvalue weighted by molar-refractivity contribution is 6.15. The Bertz CT molecular complexity index is 462. The van der Waals surface area contributed by atoms with Crippen LogP contribution in [0.25, 0.3) is 0 Å². The second-order valence-corrected chi connectivity index (χ2v) is 8.37. The molecule has 0 saturated heterocycles. The van der Waals surface area contributed by atoms with Crippen molar-refractivity contribution in [3.63, 3.8) is 0 Å². The van der Waals surface area contributed by atoms with Crippen molar-refractivity contribution in [2.24, 2.45) is 5.41 Å². The molecule has 0 bridgehead atoms. The van der Waals surface area contributed by atoms with Gasteiger partial charge in [-0.05, 0) is 25.7 Å². The molecule has 0 aromatic carbocycles. The second kappa shape index (κ2) is 11.5. The first kappa shape index (κ1) is 23.7. The number of carbonyl (C=O) groups excluding carboxylic acids is 2. The molecule has 0 N–H and O–H groups in total. The standard InChI is InChI=1S/C23H42N2O2/c1-7-11-15-24(16-12-8-2)21(26)19-20(23(19,5)6)22(27)25(17-13-9-3)18-14-10-4/h7-18H2,1-6H3. The fourth-order valence-corrected chi connectivity index (χ4v) is 3.56. The van der Waals surface area contributed by atoms with Gasteiger partial charge in [0, 0.05) is 42.7 Å². The molecule has 0 unspecified atom stereocenters. The van der Waals surface area contributed by atoms with Gasteiger partial charge in [-0.2, -0.15) is 0 Å². The van der Waals surface area contributed by atoms with Gasteiger partial charge in [0.15, 0.2) is 0 Å². The van der Waals surface area contributed by atoms with E-state index in [-0.39, 0.29) is 17.2 Å². The van der Waals surface area contributed by atoms with Gasteiger partial charge < -0.3 is 9.80 Å². The average molecular weight is 379 g/mol. The summed E-state index contributed by atoms with van der Waals surface area (Å²) in [5, 5.41) is 0. The minimum atomic E-state index is -0.373. The lowest BCUT2D eigenvalue weighted by molar-refractivity contribution is -0.128. The summed E-state index contributed by atoms with van der Waals surface area (Å²) in [6, 6.07) is 0. The Balaban J connectivity index is 2.97. The van der Waals surface area contributed by atoms with Crippen LogP contribution in [0, 0.1) is 5.41 Å². The highest BCUT2D eigenvalue weighted by Crippen LogP contribution is 2.53. The summed E-state index contributed by atoms with van der Waals surface area (Å²) in [6.07, 6.45) is 8.38. The quantitative estimate of drug-likeness (QED) is 0.418. The van der Waals surface area contributed by atoms with E-state index in [1.807, 2.05) is 23.6 Å². The number of hydrogen-bond acceptors (Lipinski definition) is 2. The zero-order valence-corrected chi connectivity index (χ0v) is 18.7. The normalized spacial score (nSPS) is 15.0. The SMILES string of the molecule is CCCCN(CCCC)C(=O)C1=C(C(=O)N(CCCC)CCCC)C1(C)C. The van der Waals surface area contributed by atoms with Crippen LogP contribution < -0.4 is 0 Å². The average Bonchev–Trinajstić information content (AvgIpc) is 3.23. The lowest BCUT2D eigenvalue weighted by atomic mass is 10.0. The van der Waals surface area contributed by atoms with Crippen molar-refractivity contribution in [3.8, 4) is 0 Å². The molecule has 0 spiro atoms. The van der Waals surface area contributed by atoms with E-state index in [9.17, 15) is 9.59 Å². The van der Waals surface area contributed by atoms with E-state index in [1.54, 1.807) is 0 Å². The van der Waals surface area contributed by atoms with E-state index in [4.69, 9.17) is 0 Å². The Labute approximate surface area is 167 Å². The molecule has 0 radical (unpaired) electrons. The molecule has 1 aliphatic rings. The zero-order valence-electron chi connectivity index (χ0n) is 18.7. The second-order valence-electron chi connectivity index (χ2n) is 8.37. The molecule has 1 rings (SSSR count). The third-order valence-electron chi connectivity index (χ3n) is 5.57. The van der Waals surface area contributed by atoms with Crippen molar-refractivity contribution in [3.05, 3.63) is 11.1 Å². The molecule has 1 aliphatic carbocycles. The maximum Gasteiger partial charge on any atom is 0.251 e. The first-order valence-electron chi connectivity index (χ1n) is 11.2. The van der Waals surface area contributed by atoms with E-state index >= 15 is 0 Å². The van der Waals surface area contributed by atoms with E-state index in [0.717, 1.165) is 88.7 Å². The summed E-state index contributed by atoms with van der Waals surface area (Å²) in [7, 11) is 0. The van der Waals surface area contributed by atoms with E-state index in [1.165, 1.54) is 0 Å². The van der Waals surface area contributed by atoms with Gasteiger partial charge >= 0.3 is 0 Å². The maximum absolute atomic E-state index is 13.2. The number of hydrogen-bond donors (Lipinski definition) is 0. The third-order valence-corrected chi connectivity index (χ3v) is 5.57. The minimum Gasteiger partial charge on any atom is -0.339 e. The maximum atomic E-state index is 13.2. The van der Waals surface area contributed by atoms with Gasteiger partial charge in [0.25, 0.3) is 11.8 Å². The van der Waals surface area contributed by atoms with Crippen LogP contribution in [0.5, 0.6) is 0 Å². The third kappa shape index (κ3) is 6.36. The van der Waals surface area contributed by atoms with Crippen molar-refractivity contribution in [2.45, 2.75) is 92.9 Å². The Morgan fingerprint density at radius 3 is 1.11 bits per heavy atom. The molecule has 0 heterocycles. The number of amides is 2. The number of unbranched alkanes of at least 4 members (excludes halogenated alkanes) is 4. The van der Waals surface area contributed by atoms with E-state index in [0.29, 0.717) is 0 Å². The molecular weight excluding hydrogens is 336 g/mol. The van der Waals surface area contributed by atoms with Crippen LogP contribution in [-0.4, -0.2) is 47.8 Å². The van der Waals surface area contributed by atoms with Crippen molar-refractivity contribution in [1.82, 2.24) is 9.80 Å². The molecule has 0 aromatic rings. The topological polar surface area (TPSA) is 40.6 Å². The fraction of sp³-hybridized carbons (Fsp3) is 0.826. The molecule has 27 heavy (non-hydrogen) atoms. The summed E-state index contributed by atoms with van der Waals surface area (Å²) < 4.78 is 0. The van der Waals surface area contributed by atoms with Gasteiger partial charge in [0.1, 0.15) is 0 Å².